The largest absolute Gasteiger partial charge is 0.494 e. The van der Waals surface area contributed by atoms with E-state index in [1.165, 1.54) is 6.21 Å². The summed E-state index contributed by atoms with van der Waals surface area (Å²) in [6, 6.07) is 28.7. The molecule has 0 radical (unpaired) electrons. The van der Waals surface area contributed by atoms with Crippen LogP contribution in [0.15, 0.2) is 107 Å². The van der Waals surface area contributed by atoms with Crippen molar-refractivity contribution in [1.82, 2.24) is 5.43 Å². The molecule has 0 aromatic heterocycles. The molecule has 1 amide bonds. The Bertz CT molecular complexity index is 1460. The van der Waals surface area contributed by atoms with E-state index >= 15 is 0 Å². The van der Waals surface area contributed by atoms with Crippen LogP contribution in [0.1, 0.15) is 34.8 Å². The minimum Gasteiger partial charge on any atom is -0.494 e. The summed E-state index contributed by atoms with van der Waals surface area (Å²) in [6.07, 6.45) is 2.29. The maximum Gasteiger partial charge on any atom is 0.343 e. The number of benzene rings is 4. The Balaban J connectivity index is 1.26. The first-order valence-electron chi connectivity index (χ1n) is 13.0. The number of ether oxygens (including phenoxy) is 4. The Morgan fingerprint density at radius 3 is 2.20 bits per heavy atom. The zero-order valence-corrected chi connectivity index (χ0v) is 24.0. The third-order valence-electron chi connectivity index (χ3n) is 5.57. The van der Waals surface area contributed by atoms with Crippen LogP contribution in [0, 0.1) is 0 Å². The van der Waals surface area contributed by atoms with E-state index in [0.717, 1.165) is 16.5 Å². The number of carbonyl (C=O) groups is 2. The number of esters is 1. The lowest BCUT2D eigenvalue weighted by atomic mass is 10.2. The number of hydrogen-bond donors (Lipinski definition) is 1. The van der Waals surface area contributed by atoms with Gasteiger partial charge in [-0.2, -0.15) is 5.10 Å². The van der Waals surface area contributed by atoms with E-state index < -0.39 is 11.9 Å². The monoisotopic (exact) mass is 616 g/mol. The van der Waals surface area contributed by atoms with Crippen molar-refractivity contribution < 1.29 is 28.5 Å². The fraction of sp³-hybridized carbons (Fsp3) is 0.156. The van der Waals surface area contributed by atoms with Crippen molar-refractivity contribution in [1.29, 1.82) is 0 Å². The topological polar surface area (TPSA) is 95.5 Å². The lowest BCUT2D eigenvalue weighted by Gasteiger charge is -2.09. The quantitative estimate of drug-likeness (QED) is 0.0790. The van der Waals surface area contributed by atoms with E-state index in [-0.39, 0.29) is 12.4 Å². The highest BCUT2D eigenvalue weighted by molar-refractivity contribution is 9.10. The highest BCUT2D eigenvalue weighted by atomic mass is 79.9. The molecule has 0 heterocycles. The smallest absolute Gasteiger partial charge is 0.343 e. The second-order valence-electron chi connectivity index (χ2n) is 8.77. The molecule has 0 fully saturated rings. The molecule has 4 aromatic carbocycles. The molecule has 0 aliphatic rings. The molecule has 0 unspecified atom stereocenters. The number of rotatable bonds is 13. The van der Waals surface area contributed by atoms with Crippen LogP contribution in [0.25, 0.3) is 0 Å². The molecule has 4 rings (SSSR count). The number of carbonyl (C=O) groups excluding carboxylic acids is 2. The molecule has 210 valence electrons. The summed E-state index contributed by atoms with van der Waals surface area (Å²) in [6.45, 7) is 2.85. The molecule has 41 heavy (non-hydrogen) atoms. The second-order valence-corrected chi connectivity index (χ2v) is 9.69. The van der Waals surface area contributed by atoms with Gasteiger partial charge in [0.1, 0.15) is 29.6 Å². The molecule has 9 heteroatoms. The lowest BCUT2D eigenvalue weighted by Crippen LogP contribution is -2.24. The highest BCUT2D eigenvalue weighted by Crippen LogP contribution is 2.24. The minimum absolute atomic E-state index is 0.236. The summed E-state index contributed by atoms with van der Waals surface area (Å²) >= 11 is 3.40. The Kier molecular flexibility index (Phi) is 10.9. The first kappa shape index (κ1) is 29.4. The zero-order valence-electron chi connectivity index (χ0n) is 22.4. The van der Waals surface area contributed by atoms with Crippen LogP contribution in [-0.2, 0) is 11.4 Å². The van der Waals surface area contributed by atoms with Crippen molar-refractivity contribution in [3.8, 4) is 23.0 Å². The highest BCUT2D eigenvalue weighted by Gasteiger charge is 2.12. The molecule has 1 N–H and O–H groups in total. The number of halogens is 1. The SMILES string of the molecule is CCCOc1ccc(C(=O)Oc2ccc(Br)cc2/C=N/NC(=O)COc2ccc(OCc3ccccc3)cc2)cc1. The number of amides is 1. The van der Waals surface area contributed by atoms with E-state index in [0.29, 0.717) is 41.6 Å². The van der Waals surface area contributed by atoms with Gasteiger partial charge in [-0.25, -0.2) is 10.2 Å². The number of nitrogens with zero attached hydrogens (tertiary/aromatic N) is 1. The average molecular weight is 617 g/mol. The number of hydrogen-bond acceptors (Lipinski definition) is 7. The molecule has 0 aliphatic heterocycles. The summed E-state index contributed by atoms with van der Waals surface area (Å²) in [5.41, 5.74) is 4.35. The van der Waals surface area contributed by atoms with E-state index in [1.54, 1.807) is 66.7 Å². The average Bonchev–Trinajstić information content (AvgIpc) is 3.00. The molecule has 0 saturated heterocycles. The third-order valence-corrected chi connectivity index (χ3v) is 6.07. The van der Waals surface area contributed by atoms with Crippen LogP contribution in [0.5, 0.6) is 23.0 Å². The normalized spacial score (nSPS) is 10.7. The van der Waals surface area contributed by atoms with Crippen molar-refractivity contribution in [3.63, 3.8) is 0 Å². The van der Waals surface area contributed by atoms with Gasteiger partial charge in [0.05, 0.1) is 18.4 Å². The lowest BCUT2D eigenvalue weighted by molar-refractivity contribution is -0.123. The van der Waals surface area contributed by atoms with Crippen LogP contribution < -0.4 is 24.4 Å². The van der Waals surface area contributed by atoms with Gasteiger partial charge >= 0.3 is 5.97 Å². The van der Waals surface area contributed by atoms with Crippen LogP contribution >= 0.6 is 15.9 Å². The van der Waals surface area contributed by atoms with Gasteiger partial charge in [-0.15, -0.1) is 0 Å². The van der Waals surface area contributed by atoms with Crippen molar-refractivity contribution in [3.05, 3.63) is 118 Å². The van der Waals surface area contributed by atoms with Crippen molar-refractivity contribution >= 4 is 34.0 Å². The molecule has 0 bridgehead atoms. The van der Waals surface area contributed by atoms with Crippen molar-refractivity contribution in [2.24, 2.45) is 5.10 Å². The molecular formula is C32H29BrN2O6. The van der Waals surface area contributed by atoms with Gasteiger partial charge in [-0.3, -0.25) is 4.79 Å². The third kappa shape index (κ3) is 9.51. The maximum absolute atomic E-state index is 12.7. The zero-order chi connectivity index (χ0) is 28.9. The maximum atomic E-state index is 12.7. The van der Waals surface area contributed by atoms with E-state index in [2.05, 4.69) is 26.5 Å². The van der Waals surface area contributed by atoms with Crippen molar-refractivity contribution in [2.75, 3.05) is 13.2 Å². The fourth-order valence-corrected chi connectivity index (χ4v) is 3.89. The number of hydrazone groups is 1. The van der Waals surface area contributed by atoms with Crippen molar-refractivity contribution in [2.45, 2.75) is 20.0 Å². The molecule has 8 nitrogen and oxygen atoms in total. The first-order chi connectivity index (χ1) is 20.0. The van der Waals surface area contributed by atoms with Crippen LogP contribution in [0.4, 0.5) is 0 Å². The van der Waals surface area contributed by atoms with Gasteiger partial charge in [0.2, 0.25) is 0 Å². The Morgan fingerprint density at radius 2 is 1.49 bits per heavy atom. The Labute approximate surface area is 247 Å². The molecule has 0 atom stereocenters. The molecule has 0 saturated carbocycles. The van der Waals surface area contributed by atoms with Gasteiger partial charge in [0.15, 0.2) is 6.61 Å². The van der Waals surface area contributed by atoms with Gasteiger partial charge in [-0.05, 0) is 78.7 Å². The van der Waals surface area contributed by atoms with E-state index in [4.69, 9.17) is 18.9 Å². The second kappa shape index (κ2) is 15.2. The summed E-state index contributed by atoms with van der Waals surface area (Å²) in [5, 5.41) is 3.99. The Morgan fingerprint density at radius 1 is 0.829 bits per heavy atom. The van der Waals surface area contributed by atoms with Gasteiger partial charge < -0.3 is 18.9 Å². The van der Waals surface area contributed by atoms with Crippen LogP contribution in [0.2, 0.25) is 0 Å². The van der Waals surface area contributed by atoms with Gasteiger partial charge in [-0.1, -0.05) is 53.2 Å². The molecule has 4 aromatic rings. The summed E-state index contributed by atoms with van der Waals surface area (Å²) in [7, 11) is 0. The summed E-state index contributed by atoms with van der Waals surface area (Å²) in [5.74, 6) is 1.20. The Hall–Kier alpha value is -4.63. The first-order valence-corrected chi connectivity index (χ1v) is 13.8. The molecule has 0 spiro atoms. The summed E-state index contributed by atoms with van der Waals surface area (Å²) < 4.78 is 23.2. The van der Waals surface area contributed by atoms with Crippen LogP contribution in [0.3, 0.4) is 0 Å². The van der Waals surface area contributed by atoms with E-state index in [9.17, 15) is 9.59 Å². The summed E-state index contributed by atoms with van der Waals surface area (Å²) in [4.78, 5) is 24.9. The van der Waals surface area contributed by atoms with Crippen LogP contribution in [-0.4, -0.2) is 31.3 Å². The van der Waals surface area contributed by atoms with Gasteiger partial charge in [0, 0.05) is 10.0 Å². The van der Waals surface area contributed by atoms with E-state index in [1.807, 2.05) is 37.3 Å². The fourth-order valence-electron chi connectivity index (χ4n) is 3.51. The number of nitrogens with one attached hydrogen (secondary N) is 1. The minimum atomic E-state index is -0.530. The molecular weight excluding hydrogens is 588 g/mol. The predicted molar refractivity (Wildman–Crippen MR) is 160 cm³/mol. The predicted octanol–water partition coefficient (Wildman–Crippen LogP) is 6.57. The standard InChI is InChI=1S/C32H29BrN2O6/c1-2-18-38-27-11-8-24(9-12-27)32(37)41-30-17-10-26(33)19-25(30)20-34-35-31(36)22-40-29-15-13-28(14-16-29)39-21-23-6-4-3-5-7-23/h3-17,19-20H,2,18,21-22H2,1H3,(H,35,36)/b34-20+. The van der Waals surface area contributed by atoms with Gasteiger partial charge in [0.25, 0.3) is 5.91 Å². The molecule has 0 aliphatic carbocycles.